The first-order valence-corrected chi connectivity index (χ1v) is 14.6. The van der Waals surface area contributed by atoms with E-state index in [-0.39, 0.29) is 0 Å². The molecule has 6 aromatic rings. The molecule has 0 atom stereocenters. The summed E-state index contributed by atoms with van der Waals surface area (Å²) in [6.45, 7) is 20.6. The third-order valence-electron chi connectivity index (χ3n) is 8.24. The van der Waals surface area contributed by atoms with E-state index in [0.717, 1.165) is 50.0 Å². The third-order valence-corrected chi connectivity index (χ3v) is 8.24. The van der Waals surface area contributed by atoms with Crippen LogP contribution in [0.3, 0.4) is 0 Å². The summed E-state index contributed by atoms with van der Waals surface area (Å²) in [5.41, 5.74) is 8.50. The first kappa shape index (κ1) is 28.4. The van der Waals surface area contributed by atoms with Crippen LogP contribution < -0.4 is 0 Å². The number of benzene rings is 6. The summed E-state index contributed by atoms with van der Waals surface area (Å²) in [6.07, 6.45) is 9.44. The van der Waals surface area contributed by atoms with Gasteiger partial charge in [-0.15, -0.1) is 6.58 Å². The minimum absolute atomic E-state index is 0.643. The highest BCUT2D eigenvalue weighted by Crippen LogP contribution is 2.42. The van der Waals surface area contributed by atoms with Gasteiger partial charge >= 0.3 is 0 Å². The molecule has 2 heteroatoms. The Morgan fingerprint density at radius 1 is 0.614 bits per heavy atom. The molecule has 0 aromatic heterocycles. The van der Waals surface area contributed by atoms with Gasteiger partial charge in [-0.1, -0.05) is 123 Å². The van der Waals surface area contributed by atoms with Crippen LogP contribution >= 0.6 is 0 Å². The molecule has 0 aliphatic rings. The zero-order valence-corrected chi connectivity index (χ0v) is 24.8. The van der Waals surface area contributed by atoms with Gasteiger partial charge in [-0.2, -0.15) is 0 Å². The number of nitrogens with zero attached hydrogens (tertiary/aromatic N) is 2. The van der Waals surface area contributed by atoms with Crippen LogP contribution in [-0.4, -0.2) is 18.2 Å². The topological polar surface area (TPSA) is 15.6 Å². The maximum atomic E-state index is 4.28. The molecule has 0 aliphatic heterocycles. The molecule has 6 rings (SSSR count). The molecule has 0 fully saturated rings. The molecule has 0 heterocycles. The molecule has 2 nitrogen and oxygen atoms in total. The molecule has 44 heavy (non-hydrogen) atoms. The Morgan fingerprint density at radius 2 is 1.27 bits per heavy atom. The molecule has 0 bridgehead atoms. The standard InChI is InChI=1S/C42H34N2/c1-6-24-44(9-4)28-42(43-5)31-21-19-30(20-22-31)38-26-40-35(8-3)34(7-2)39(27-41(40)37-17-13-12-16-36(37)38)33-23-18-29-14-10-11-15-32(29)25-33/h6-23,25-28H,1-5,24H2/b42-28-. The van der Waals surface area contributed by atoms with Crippen LogP contribution in [0.25, 0.3) is 72.4 Å². The Balaban J connectivity index is 1.55. The number of fused-ring (bicyclic) bond motifs is 4. The molecule has 0 saturated heterocycles. The summed E-state index contributed by atoms with van der Waals surface area (Å²) in [5, 5.41) is 7.17. The van der Waals surface area contributed by atoms with Crippen molar-refractivity contribution in [3.63, 3.8) is 0 Å². The van der Waals surface area contributed by atoms with E-state index in [1.165, 1.54) is 26.9 Å². The second-order valence-corrected chi connectivity index (χ2v) is 10.7. The normalized spacial score (nSPS) is 11.4. The van der Waals surface area contributed by atoms with Crippen molar-refractivity contribution in [2.24, 2.45) is 4.99 Å². The van der Waals surface area contributed by atoms with Gasteiger partial charge in [0.1, 0.15) is 0 Å². The van der Waals surface area contributed by atoms with E-state index in [1.807, 2.05) is 29.3 Å². The highest BCUT2D eigenvalue weighted by Gasteiger charge is 2.16. The average molecular weight is 567 g/mol. The maximum absolute atomic E-state index is 4.28. The van der Waals surface area contributed by atoms with Gasteiger partial charge in [-0.05, 0) is 96.8 Å². The van der Waals surface area contributed by atoms with Crippen LogP contribution in [0.5, 0.6) is 0 Å². The minimum Gasteiger partial charge on any atom is -0.349 e. The van der Waals surface area contributed by atoms with Gasteiger partial charge in [0.15, 0.2) is 0 Å². The van der Waals surface area contributed by atoms with Crippen molar-refractivity contribution in [1.82, 2.24) is 4.90 Å². The van der Waals surface area contributed by atoms with Gasteiger partial charge in [0, 0.05) is 18.3 Å². The van der Waals surface area contributed by atoms with Crippen LogP contribution in [0, 0.1) is 0 Å². The highest BCUT2D eigenvalue weighted by atomic mass is 15.1. The molecular weight excluding hydrogens is 532 g/mol. The Hall–Kier alpha value is -5.73. The van der Waals surface area contributed by atoms with Crippen LogP contribution in [-0.2, 0) is 0 Å². The van der Waals surface area contributed by atoms with Gasteiger partial charge < -0.3 is 4.90 Å². The maximum Gasteiger partial charge on any atom is 0.0856 e. The third kappa shape index (κ3) is 5.08. The van der Waals surface area contributed by atoms with Gasteiger partial charge in [-0.3, -0.25) is 4.99 Å². The molecule has 0 N–H and O–H groups in total. The molecule has 0 aliphatic carbocycles. The van der Waals surface area contributed by atoms with Gasteiger partial charge in [-0.25, -0.2) is 0 Å². The molecule has 0 unspecified atom stereocenters. The minimum atomic E-state index is 0.643. The van der Waals surface area contributed by atoms with Crippen molar-refractivity contribution in [3.8, 4) is 22.3 Å². The van der Waals surface area contributed by atoms with Crippen molar-refractivity contribution in [1.29, 1.82) is 0 Å². The van der Waals surface area contributed by atoms with E-state index in [9.17, 15) is 0 Å². The fraction of sp³-hybridized carbons (Fsp3) is 0.0238. The Labute approximate surface area is 259 Å². The van der Waals surface area contributed by atoms with Crippen molar-refractivity contribution in [3.05, 3.63) is 165 Å². The Morgan fingerprint density at radius 3 is 1.95 bits per heavy atom. The van der Waals surface area contributed by atoms with E-state index in [4.69, 9.17) is 0 Å². The average Bonchev–Trinajstić information content (AvgIpc) is 3.08. The summed E-state index contributed by atoms with van der Waals surface area (Å²) in [7, 11) is 0. The lowest BCUT2D eigenvalue weighted by Crippen LogP contribution is -2.09. The zero-order chi connectivity index (χ0) is 30.6. The Bertz CT molecular complexity index is 2130. The molecular formula is C42H34N2. The molecule has 6 aromatic carbocycles. The van der Waals surface area contributed by atoms with Crippen LogP contribution in [0.2, 0.25) is 0 Å². The zero-order valence-electron chi connectivity index (χ0n) is 24.8. The number of rotatable bonds is 10. The first-order valence-electron chi connectivity index (χ1n) is 14.6. The van der Waals surface area contributed by atoms with E-state index < -0.39 is 0 Å². The van der Waals surface area contributed by atoms with Gasteiger partial charge in [0.2, 0.25) is 0 Å². The van der Waals surface area contributed by atoms with Crippen molar-refractivity contribution in [2.45, 2.75) is 0 Å². The lowest BCUT2D eigenvalue weighted by Gasteiger charge is -2.18. The van der Waals surface area contributed by atoms with Gasteiger partial charge in [0.25, 0.3) is 0 Å². The predicted octanol–water partition coefficient (Wildman–Crippen LogP) is 11.4. The van der Waals surface area contributed by atoms with E-state index in [0.29, 0.717) is 6.54 Å². The molecule has 212 valence electrons. The van der Waals surface area contributed by atoms with Crippen molar-refractivity contribution in [2.75, 3.05) is 6.54 Å². The first-order chi connectivity index (χ1) is 21.6. The monoisotopic (exact) mass is 566 g/mol. The second-order valence-electron chi connectivity index (χ2n) is 10.7. The summed E-state index contributed by atoms with van der Waals surface area (Å²) >= 11 is 0. The van der Waals surface area contributed by atoms with E-state index >= 15 is 0 Å². The van der Waals surface area contributed by atoms with E-state index in [1.54, 1.807) is 6.20 Å². The quantitative estimate of drug-likeness (QED) is 0.0915. The molecule has 0 amide bonds. The largest absolute Gasteiger partial charge is 0.349 e. The van der Waals surface area contributed by atoms with E-state index in [2.05, 4.69) is 141 Å². The fourth-order valence-corrected chi connectivity index (χ4v) is 6.08. The second kappa shape index (κ2) is 12.2. The van der Waals surface area contributed by atoms with Gasteiger partial charge in [0.05, 0.1) is 5.70 Å². The molecule has 0 radical (unpaired) electrons. The highest BCUT2D eigenvalue weighted by molar-refractivity contribution is 6.17. The van der Waals surface area contributed by atoms with Crippen molar-refractivity contribution >= 4 is 56.9 Å². The number of hydrogen-bond acceptors (Lipinski definition) is 2. The Kier molecular flexibility index (Phi) is 7.90. The SMILES string of the molecule is C=CCN(C=C)/C=C(\N=C)c1ccc(-c2cc3c(C=C)c(C=C)c(-c4ccc5ccccc5c4)cc3c3ccccc23)cc1. The van der Waals surface area contributed by atoms with Crippen molar-refractivity contribution < 1.29 is 0 Å². The fourth-order valence-electron chi connectivity index (χ4n) is 6.08. The number of aliphatic imine (C=N–C) groups is 1. The van der Waals surface area contributed by atoms with Crippen LogP contribution in [0.15, 0.2) is 153 Å². The smallest absolute Gasteiger partial charge is 0.0856 e. The van der Waals surface area contributed by atoms with Crippen LogP contribution in [0.4, 0.5) is 0 Å². The van der Waals surface area contributed by atoms with Crippen LogP contribution in [0.1, 0.15) is 16.7 Å². The molecule has 0 spiro atoms. The summed E-state index contributed by atoms with van der Waals surface area (Å²) in [4.78, 5) is 6.21. The summed E-state index contributed by atoms with van der Waals surface area (Å²) < 4.78 is 0. The summed E-state index contributed by atoms with van der Waals surface area (Å²) in [5.74, 6) is 0. The summed E-state index contributed by atoms with van der Waals surface area (Å²) in [6, 6.07) is 36.9. The number of hydrogen-bond donors (Lipinski definition) is 0. The predicted molar refractivity (Wildman–Crippen MR) is 195 cm³/mol. The lowest BCUT2D eigenvalue weighted by atomic mass is 9.85. The lowest BCUT2D eigenvalue weighted by molar-refractivity contribution is 0.569. The molecule has 0 saturated carbocycles.